The third-order valence-electron chi connectivity index (χ3n) is 4.45. The molecule has 0 spiro atoms. The zero-order chi connectivity index (χ0) is 19.7. The molecule has 0 saturated heterocycles. The monoisotopic (exact) mass is 389 g/mol. The maximum Gasteiger partial charge on any atom is 0.279 e. The molecule has 0 amide bonds. The first-order valence-electron chi connectivity index (χ1n) is 8.36. The molecule has 8 heteroatoms. The molecule has 2 aromatic heterocycles. The molecule has 0 bridgehead atoms. The minimum absolute atomic E-state index is 0.0555. The van der Waals surface area contributed by atoms with Crippen molar-refractivity contribution in [3.8, 4) is 17.2 Å². The number of hydrogen-bond acceptors (Lipinski definition) is 5. The maximum absolute atomic E-state index is 12.8. The minimum Gasteiger partial charge on any atom is -0.323 e. The van der Waals surface area contributed by atoms with Gasteiger partial charge in [-0.3, -0.25) is 9.71 Å². The summed E-state index contributed by atoms with van der Waals surface area (Å²) in [7, 11) is -2.21. The van der Waals surface area contributed by atoms with E-state index in [2.05, 4.69) is 20.8 Å². The predicted octanol–water partition coefficient (Wildman–Crippen LogP) is 3.31. The van der Waals surface area contributed by atoms with Gasteiger partial charge in [-0.2, -0.15) is 13.7 Å². The smallest absolute Gasteiger partial charge is 0.279 e. The number of nitriles is 1. The van der Waals surface area contributed by atoms with E-state index in [4.69, 9.17) is 0 Å². The van der Waals surface area contributed by atoms with Crippen LogP contribution in [0.1, 0.15) is 5.56 Å². The largest absolute Gasteiger partial charge is 0.323 e. The average molecular weight is 389 g/mol. The van der Waals surface area contributed by atoms with Gasteiger partial charge in [-0.15, -0.1) is 0 Å². The molecule has 0 fully saturated rings. The lowest BCUT2D eigenvalue weighted by Crippen LogP contribution is -2.16. The minimum atomic E-state index is -3.83. The van der Waals surface area contributed by atoms with Crippen molar-refractivity contribution in [1.29, 1.82) is 5.26 Å². The molecular formula is C20H15N5O2S. The Hall–Kier alpha value is -3.70. The Balaban J connectivity index is 1.88. The number of aryl methyl sites for hydroxylation is 1. The van der Waals surface area contributed by atoms with Crippen LogP contribution in [-0.2, 0) is 17.1 Å². The lowest BCUT2D eigenvalue weighted by molar-refractivity contribution is 0.591. The van der Waals surface area contributed by atoms with Crippen molar-refractivity contribution < 1.29 is 8.42 Å². The van der Waals surface area contributed by atoms with Gasteiger partial charge in [0.2, 0.25) is 0 Å². The number of nitrogens with zero attached hydrogens (tertiary/aromatic N) is 4. The highest BCUT2D eigenvalue weighted by Gasteiger charge is 2.20. The Bertz CT molecular complexity index is 1340. The molecule has 138 valence electrons. The Kier molecular flexibility index (Phi) is 4.29. The number of pyridine rings is 1. The first-order chi connectivity index (χ1) is 13.5. The number of anilines is 1. The standard InChI is InChI=1S/C20H15N5O2S/c1-25-13-23-12-20(25)28(26,27)24-19-8-9-22-11-18(19)17-7-6-14(10-21)15-4-2-3-5-16(15)17/h2-9,11-13H,1H3,(H,22,24). The van der Waals surface area contributed by atoms with Gasteiger partial charge in [-0.05, 0) is 23.1 Å². The molecule has 0 aliphatic carbocycles. The number of hydrogen-bond donors (Lipinski definition) is 1. The molecule has 0 unspecified atom stereocenters. The molecule has 4 rings (SSSR count). The molecule has 0 saturated carbocycles. The highest BCUT2D eigenvalue weighted by atomic mass is 32.2. The van der Waals surface area contributed by atoms with E-state index in [1.54, 1.807) is 31.4 Å². The van der Waals surface area contributed by atoms with Gasteiger partial charge in [-0.1, -0.05) is 30.3 Å². The molecule has 0 aliphatic heterocycles. The SMILES string of the molecule is Cn1cncc1S(=O)(=O)Nc1ccncc1-c1ccc(C#N)c2ccccc12. The van der Waals surface area contributed by atoms with Crippen LogP contribution in [0.25, 0.3) is 21.9 Å². The first-order valence-corrected chi connectivity index (χ1v) is 9.85. The van der Waals surface area contributed by atoms with Crippen LogP contribution in [-0.4, -0.2) is 23.0 Å². The Morgan fingerprint density at radius 1 is 1.00 bits per heavy atom. The summed E-state index contributed by atoms with van der Waals surface area (Å²) in [6.45, 7) is 0. The molecule has 2 aromatic carbocycles. The third kappa shape index (κ3) is 2.98. The summed E-state index contributed by atoms with van der Waals surface area (Å²) in [5.41, 5.74) is 2.35. The number of nitrogens with one attached hydrogen (secondary N) is 1. The summed E-state index contributed by atoms with van der Waals surface area (Å²) in [6.07, 6.45) is 5.85. The van der Waals surface area contributed by atoms with Crippen LogP contribution in [0.15, 0.2) is 72.4 Å². The number of benzene rings is 2. The van der Waals surface area contributed by atoms with Crippen molar-refractivity contribution in [3.05, 3.63) is 72.9 Å². The van der Waals surface area contributed by atoms with E-state index in [0.717, 1.165) is 16.3 Å². The van der Waals surface area contributed by atoms with E-state index in [0.29, 0.717) is 16.8 Å². The Morgan fingerprint density at radius 3 is 2.50 bits per heavy atom. The van der Waals surface area contributed by atoms with Crippen LogP contribution < -0.4 is 4.72 Å². The number of aromatic nitrogens is 3. The predicted molar refractivity (Wildman–Crippen MR) is 106 cm³/mol. The molecule has 7 nitrogen and oxygen atoms in total. The Morgan fingerprint density at radius 2 is 1.79 bits per heavy atom. The summed E-state index contributed by atoms with van der Waals surface area (Å²) in [6, 6.07) is 14.8. The summed E-state index contributed by atoms with van der Waals surface area (Å²) >= 11 is 0. The van der Waals surface area contributed by atoms with Crippen molar-refractivity contribution in [1.82, 2.24) is 14.5 Å². The summed E-state index contributed by atoms with van der Waals surface area (Å²) < 4.78 is 29.7. The lowest BCUT2D eigenvalue weighted by atomic mass is 9.95. The zero-order valence-electron chi connectivity index (χ0n) is 14.9. The van der Waals surface area contributed by atoms with Gasteiger partial charge in [0.1, 0.15) is 0 Å². The van der Waals surface area contributed by atoms with Crippen LogP contribution in [0.4, 0.5) is 5.69 Å². The van der Waals surface area contributed by atoms with E-state index >= 15 is 0 Å². The quantitative estimate of drug-likeness (QED) is 0.577. The van der Waals surface area contributed by atoms with E-state index in [-0.39, 0.29) is 5.03 Å². The van der Waals surface area contributed by atoms with E-state index in [1.165, 1.54) is 23.3 Å². The van der Waals surface area contributed by atoms with E-state index in [1.807, 2.05) is 24.3 Å². The summed E-state index contributed by atoms with van der Waals surface area (Å²) in [5, 5.41) is 11.1. The third-order valence-corrected chi connectivity index (χ3v) is 5.88. The van der Waals surface area contributed by atoms with Crippen molar-refractivity contribution in [2.24, 2.45) is 7.05 Å². The van der Waals surface area contributed by atoms with Crippen molar-refractivity contribution in [2.75, 3.05) is 4.72 Å². The number of rotatable bonds is 4. The fourth-order valence-electron chi connectivity index (χ4n) is 3.13. The molecule has 28 heavy (non-hydrogen) atoms. The second-order valence-corrected chi connectivity index (χ2v) is 7.82. The highest BCUT2D eigenvalue weighted by Crippen LogP contribution is 2.35. The zero-order valence-corrected chi connectivity index (χ0v) is 15.7. The second-order valence-electron chi connectivity index (χ2n) is 6.19. The molecule has 2 heterocycles. The van der Waals surface area contributed by atoms with Gasteiger partial charge >= 0.3 is 0 Å². The van der Waals surface area contributed by atoms with Gasteiger partial charge in [0.05, 0.1) is 29.8 Å². The molecule has 4 aromatic rings. The summed E-state index contributed by atoms with van der Waals surface area (Å²) in [4.78, 5) is 8.04. The van der Waals surface area contributed by atoms with Crippen LogP contribution in [0, 0.1) is 11.3 Å². The van der Waals surface area contributed by atoms with Gasteiger partial charge < -0.3 is 4.57 Å². The number of sulfonamides is 1. The van der Waals surface area contributed by atoms with Crippen LogP contribution >= 0.6 is 0 Å². The molecule has 0 radical (unpaired) electrons. The van der Waals surface area contributed by atoms with Crippen molar-refractivity contribution >= 4 is 26.5 Å². The van der Waals surface area contributed by atoms with E-state index in [9.17, 15) is 13.7 Å². The van der Waals surface area contributed by atoms with Crippen molar-refractivity contribution in [3.63, 3.8) is 0 Å². The molecule has 1 N–H and O–H groups in total. The average Bonchev–Trinajstić information content (AvgIpc) is 3.14. The van der Waals surface area contributed by atoms with Crippen molar-refractivity contribution in [2.45, 2.75) is 5.03 Å². The topological polar surface area (TPSA) is 101 Å². The number of fused-ring (bicyclic) bond motifs is 1. The fourth-order valence-corrected chi connectivity index (χ4v) is 4.33. The summed E-state index contributed by atoms with van der Waals surface area (Å²) in [5.74, 6) is 0. The maximum atomic E-state index is 12.8. The van der Waals surface area contributed by atoms with Gasteiger partial charge in [-0.25, -0.2) is 4.98 Å². The van der Waals surface area contributed by atoms with Crippen LogP contribution in [0.2, 0.25) is 0 Å². The highest BCUT2D eigenvalue weighted by molar-refractivity contribution is 7.92. The van der Waals surface area contributed by atoms with Crippen LogP contribution in [0.5, 0.6) is 0 Å². The molecule has 0 atom stereocenters. The molecular weight excluding hydrogens is 374 g/mol. The molecule has 0 aliphatic rings. The van der Waals surface area contributed by atoms with Crippen LogP contribution in [0.3, 0.4) is 0 Å². The van der Waals surface area contributed by atoms with Gasteiger partial charge in [0.25, 0.3) is 10.0 Å². The fraction of sp³-hybridized carbons (Fsp3) is 0.0500. The van der Waals surface area contributed by atoms with Gasteiger partial charge in [0, 0.05) is 30.4 Å². The lowest BCUT2D eigenvalue weighted by Gasteiger charge is -2.14. The second kappa shape index (κ2) is 6.79. The van der Waals surface area contributed by atoms with Gasteiger partial charge in [0.15, 0.2) is 5.03 Å². The Labute approximate surface area is 162 Å². The normalized spacial score (nSPS) is 11.3. The number of imidazole rings is 1. The first kappa shape index (κ1) is 17.7. The van der Waals surface area contributed by atoms with E-state index < -0.39 is 10.0 Å².